The normalized spacial score (nSPS) is 11.3. The van der Waals surface area contributed by atoms with E-state index in [1.807, 2.05) is 48.5 Å². The second-order valence-corrected chi connectivity index (χ2v) is 8.85. The number of anilines is 1. The van der Waals surface area contributed by atoms with Crippen molar-refractivity contribution in [3.63, 3.8) is 0 Å². The number of para-hydroxylation sites is 2. The lowest BCUT2D eigenvalue weighted by atomic mass is 10.0. The van der Waals surface area contributed by atoms with Crippen molar-refractivity contribution in [3.8, 4) is 16.9 Å². The Kier molecular flexibility index (Phi) is 8.67. The number of hydrogen-bond donors (Lipinski definition) is 1. The van der Waals surface area contributed by atoms with E-state index in [1.54, 1.807) is 0 Å². The maximum atomic E-state index is 12.9. The van der Waals surface area contributed by atoms with E-state index < -0.39 is 0 Å². The van der Waals surface area contributed by atoms with E-state index in [1.165, 1.54) is 5.56 Å². The number of nitrogens with zero attached hydrogens (tertiary/aromatic N) is 1. The van der Waals surface area contributed by atoms with Gasteiger partial charge in [0.05, 0.1) is 5.69 Å². The lowest BCUT2D eigenvalue weighted by molar-refractivity contribution is 0.102. The molecule has 0 aliphatic heterocycles. The highest BCUT2D eigenvalue weighted by Gasteiger charge is 2.14. The summed E-state index contributed by atoms with van der Waals surface area (Å²) in [5.74, 6) is 0.538. The van der Waals surface area contributed by atoms with Gasteiger partial charge in [0.2, 0.25) is 0 Å². The quantitative estimate of drug-likeness (QED) is 0.380. The van der Waals surface area contributed by atoms with Crippen LogP contribution in [-0.4, -0.2) is 36.0 Å². The van der Waals surface area contributed by atoms with E-state index in [4.69, 9.17) is 4.74 Å². The van der Waals surface area contributed by atoms with Crippen molar-refractivity contribution in [1.82, 2.24) is 4.90 Å². The fourth-order valence-electron chi connectivity index (χ4n) is 4.01. The van der Waals surface area contributed by atoms with Crippen molar-refractivity contribution in [3.05, 3.63) is 83.9 Å². The number of nitrogens with one attached hydrogen (secondary N) is 1. The molecule has 4 nitrogen and oxygen atoms in total. The van der Waals surface area contributed by atoms with Crippen LogP contribution in [0.25, 0.3) is 11.1 Å². The molecule has 0 atom stereocenters. The molecule has 0 fully saturated rings. The van der Waals surface area contributed by atoms with Gasteiger partial charge in [0, 0.05) is 24.2 Å². The third-order valence-corrected chi connectivity index (χ3v) is 5.91. The maximum absolute atomic E-state index is 12.9. The van der Waals surface area contributed by atoms with E-state index in [0.29, 0.717) is 35.7 Å². The summed E-state index contributed by atoms with van der Waals surface area (Å²) in [6.45, 7) is 12.3. The number of benzene rings is 3. The van der Waals surface area contributed by atoms with E-state index >= 15 is 0 Å². The Balaban J connectivity index is 1.64. The maximum Gasteiger partial charge on any atom is 0.255 e. The van der Waals surface area contributed by atoms with Crippen LogP contribution < -0.4 is 10.1 Å². The van der Waals surface area contributed by atoms with Gasteiger partial charge in [0.15, 0.2) is 0 Å². The molecular weight excluding hydrogens is 408 g/mol. The fraction of sp³-hybridized carbons (Fsp3) is 0.345. The highest BCUT2D eigenvalue weighted by atomic mass is 16.5. The first-order chi connectivity index (χ1) is 15.9. The number of hydrogen-bond acceptors (Lipinski definition) is 3. The number of amides is 1. The van der Waals surface area contributed by atoms with Gasteiger partial charge in [-0.05, 0) is 75.1 Å². The third-order valence-electron chi connectivity index (χ3n) is 5.91. The van der Waals surface area contributed by atoms with Crippen LogP contribution in [0.15, 0.2) is 72.8 Å². The minimum atomic E-state index is -0.148. The number of aryl methyl sites for hydroxylation is 1. The zero-order valence-electron chi connectivity index (χ0n) is 20.5. The number of ether oxygens (including phenoxy) is 1. The summed E-state index contributed by atoms with van der Waals surface area (Å²) in [6, 6.07) is 24.8. The molecule has 0 radical (unpaired) electrons. The Morgan fingerprint density at radius 3 is 2.00 bits per heavy atom. The van der Waals surface area contributed by atoms with Gasteiger partial charge in [-0.3, -0.25) is 9.69 Å². The minimum Gasteiger partial charge on any atom is -0.490 e. The zero-order chi connectivity index (χ0) is 23.8. The topological polar surface area (TPSA) is 41.6 Å². The third kappa shape index (κ3) is 6.69. The molecule has 0 aliphatic carbocycles. The molecule has 0 aromatic heterocycles. The van der Waals surface area contributed by atoms with Crippen molar-refractivity contribution in [2.45, 2.75) is 53.1 Å². The smallest absolute Gasteiger partial charge is 0.255 e. The fourth-order valence-corrected chi connectivity index (χ4v) is 4.01. The van der Waals surface area contributed by atoms with Crippen LogP contribution >= 0.6 is 0 Å². The molecule has 3 rings (SSSR count). The molecule has 1 amide bonds. The van der Waals surface area contributed by atoms with Crippen molar-refractivity contribution < 1.29 is 9.53 Å². The first kappa shape index (κ1) is 24.5. The van der Waals surface area contributed by atoms with Crippen molar-refractivity contribution in [2.75, 3.05) is 18.5 Å². The molecule has 0 spiro atoms. The Morgan fingerprint density at radius 1 is 0.848 bits per heavy atom. The Bertz CT molecular complexity index is 1020. The summed E-state index contributed by atoms with van der Waals surface area (Å²) in [4.78, 5) is 15.3. The molecule has 174 valence electrons. The second kappa shape index (κ2) is 11.7. The number of carbonyl (C=O) groups is 1. The molecule has 1 N–H and O–H groups in total. The zero-order valence-corrected chi connectivity index (χ0v) is 20.5. The average molecular weight is 445 g/mol. The second-order valence-electron chi connectivity index (χ2n) is 8.85. The predicted octanol–water partition coefficient (Wildman–Crippen LogP) is 6.67. The van der Waals surface area contributed by atoms with Gasteiger partial charge < -0.3 is 10.1 Å². The van der Waals surface area contributed by atoms with Crippen LogP contribution in [0, 0.1) is 0 Å². The molecule has 0 aliphatic rings. The van der Waals surface area contributed by atoms with Crippen molar-refractivity contribution >= 4 is 11.6 Å². The van der Waals surface area contributed by atoms with Crippen LogP contribution in [0.3, 0.4) is 0 Å². The molecule has 0 saturated heterocycles. The first-order valence-electron chi connectivity index (χ1n) is 11.9. The van der Waals surface area contributed by atoms with E-state index in [9.17, 15) is 4.79 Å². The molecule has 0 unspecified atom stereocenters. The van der Waals surface area contributed by atoms with Gasteiger partial charge in [-0.2, -0.15) is 0 Å². The highest BCUT2D eigenvalue weighted by molar-refractivity contribution is 6.05. The van der Waals surface area contributed by atoms with E-state index in [0.717, 1.165) is 24.1 Å². The van der Waals surface area contributed by atoms with Crippen LogP contribution in [-0.2, 0) is 6.42 Å². The van der Waals surface area contributed by atoms with Gasteiger partial charge in [0.1, 0.15) is 12.4 Å². The molecule has 3 aromatic carbocycles. The number of carbonyl (C=O) groups excluding carboxylic acids is 1. The SMILES string of the molecule is CCc1ccc(-c2ccc(C(=O)Nc3ccccc3OCCN(C(C)C)C(C)C)cc2)cc1. The molecule has 3 aromatic rings. The molecule has 4 heteroatoms. The van der Waals surface area contributed by atoms with Crippen LogP contribution in [0.2, 0.25) is 0 Å². The van der Waals surface area contributed by atoms with Gasteiger partial charge in [0.25, 0.3) is 5.91 Å². The average Bonchev–Trinajstić information content (AvgIpc) is 2.82. The number of rotatable bonds is 10. The molecule has 0 bridgehead atoms. The highest BCUT2D eigenvalue weighted by Crippen LogP contribution is 2.25. The Labute approximate surface area is 198 Å². The monoisotopic (exact) mass is 444 g/mol. The van der Waals surface area contributed by atoms with Crippen LogP contribution in [0.1, 0.15) is 50.5 Å². The molecule has 0 heterocycles. The lowest BCUT2D eigenvalue weighted by Gasteiger charge is -2.30. The van der Waals surface area contributed by atoms with Crippen LogP contribution in [0.4, 0.5) is 5.69 Å². The summed E-state index contributed by atoms with van der Waals surface area (Å²) in [5, 5.41) is 3.01. The van der Waals surface area contributed by atoms with Crippen molar-refractivity contribution in [2.24, 2.45) is 0 Å². The summed E-state index contributed by atoms with van der Waals surface area (Å²) < 4.78 is 6.04. The van der Waals surface area contributed by atoms with Crippen molar-refractivity contribution in [1.29, 1.82) is 0 Å². The van der Waals surface area contributed by atoms with Gasteiger partial charge in [-0.1, -0.05) is 55.5 Å². The largest absolute Gasteiger partial charge is 0.490 e. The van der Waals surface area contributed by atoms with Gasteiger partial charge >= 0.3 is 0 Å². The van der Waals surface area contributed by atoms with Gasteiger partial charge in [-0.15, -0.1) is 0 Å². The molecular formula is C29H36N2O2. The lowest BCUT2D eigenvalue weighted by Crippen LogP contribution is -2.39. The van der Waals surface area contributed by atoms with Crippen LogP contribution in [0.5, 0.6) is 5.75 Å². The Hall–Kier alpha value is -3.11. The molecule has 0 saturated carbocycles. The summed E-state index contributed by atoms with van der Waals surface area (Å²) in [7, 11) is 0. The Morgan fingerprint density at radius 2 is 1.42 bits per heavy atom. The van der Waals surface area contributed by atoms with E-state index in [-0.39, 0.29) is 5.91 Å². The summed E-state index contributed by atoms with van der Waals surface area (Å²) in [5.41, 5.74) is 4.86. The summed E-state index contributed by atoms with van der Waals surface area (Å²) >= 11 is 0. The minimum absolute atomic E-state index is 0.148. The van der Waals surface area contributed by atoms with E-state index in [2.05, 4.69) is 69.1 Å². The molecule has 33 heavy (non-hydrogen) atoms. The standard InChI is InChI=1S/C29H36N2O2/c1-6-23-11-13-24(14-12-23)25-15-17-26(18-16-25)29(32)30-27-9-7-8-10-28(27)33-20-19-31(21(2)3)22(4)5/h7-18,21-22H,6,19-20H2,1-5H3,(H,30,32). The van der Waals surface area contributed by atoms with Gasteiger partial charge in [-0.25, -0.2) is 0 Å². The predicted molar refractivity (Wildman–Crippen MR) is 138 cm³/mol. The first-order valence-corrected chi connectivity index (χ1v) is 11.9. The summed E-state index contributed by atoms with van der Waals surface area (Å²) in [6.07, 6.45) is 1.03.